The third-order valence-corrected chi connectivity index (χ3v) is 7.84. The van der Waals surface area contributed by atoms with Gasteiger partial charge in [0.15, 0.2) is 0 Å². The highest BCUT2D eigenvalue weighted by Gasteiger charge is 2.81. The standard InChI is InChI=1S/C16H30/c1-9-10(2)13-11(3)16(8)14(5,6)12(4)15(13,16)7/h10-13H,9H2,1-8H3. The molecule has 0 aromatic rings. The van der Waals surface area contributed by atoms with E-state index in [0.29, 0.717) is 16.2 Å². The molecule has 6 unspecified atom stereocenters. The summed E-state index contributed by atoms with van der Waals surface area (Å²) in [7, 11) is 0. The fourth-order valence-electron chi connectivity index (χ4n) is 6.10. The molecule has 0 spiro atoms. The second-order valence-corrected chi connectivity index (χ2v) is 7.63. The minimum absolute atomic E-state index is 0.533. The van der Waals surface area contributed by atoms with Crippen molar-refractivity contribution in [1.82, 2.24) is 0 Å². The summed E-state index contributed by atoms with van der Waals surface area (Å²) in [5.74, 6) is 3.62. The zero-order valence-electron chi connectivity index (χ0n) is 12.5. The fourth-order valence-corrected chi connectivity index (χ4v) is 6.10. The van der Waals surface area contributed by atoms with Crippen LogP contribution in [0.25, 0.3) is 0 Å². The van der Waals surface area contributed by atoms with Crippen molar-refractivity contribution in [2.45, 2.75) is 61.8 Å². The van der Waals surface area contributed by atoms with Gasteiger partial charge in [-0.2, -0.15) is 0 Å². The maximum absolute atomic E-state index is 2.57. The largest absolute Gasteiger partial charge is 0.0651 e. The molecule has 2 rings (SSSR count). The molecular weight excluding hydrogens is 192 g/mol. The third-order valence-electron chi connectivity index (χ3n) is 7.84. The maximum atomic E-state index is 2.57. The fraction of sp³-hybridized carbons (Fsp3) is 1.00. The minimum atomic E-state index is 0.533. The topological polar surface area (TPSA) is 0 Å². The summed E-state index contributed by atoms with van der Waals surface area (Å²) < 4.78 is 0. The Morgan fingerprint density at radius 2 is 1.56 bits per heavy atom. The number of hydrogen-bond acceptors (Lipinski definition) is 0. The summed E-state index contributed by atoms with van der Waals surface area (Å²) in [6, 6.07) is 0. The first kappa shape index (κ1) is 12.5. The quantitative estimate of drug-likeness (QED) is 0.617. The van der Waals surface area contributed by atoms with E-state index in [0.717, 1.165) is 23.7 Å². The smallest absolute Gasteiger partial charge is 0.0184 e. The van der Waals surface area contributed by atoms with E-state index in [9.17, 15) is 0 Å². The van der Waals surface area contributed by atoms with E-state index in [4.69, 9.17) is 0 Å². The Balaban J connectivity index is 2.34. The Kier molecular flexibility index (Phi) is 2.38. The lowest BCUT2D eigenvalue weighted by Crippen LogP contribution is -2.81. The molecular formula is C16H30. The number of rotatable bonds is 2. The second kappa shape index (κ2) is 3.06. The van der Waals surface area contributed by atoms with Crippen LogP contribution in [-0.2, 0) is 0 Å². The van der Waals surface area contributed by atoms with Crippen LogP contribution in [0.4, 0.5) is 0 Å². The Morgan fingerprint density at radius 1 is 1.06 bits per heavy atom. The van der Waals surface area contributed by atoms with Crippen molar-refractivity contribution < 1.29 is 0 Å². The number of hydrogen-bond donors (Lipinski definition) is 0. The Morgan fingerprint density at radius 3 is 2.00 bits per heavy atom. The van der Waals surface area contributed by atoms with Crippen LogP contribution in [0, 0.1) is 39.9 Å². The van der Waals surface area contributed by atoms with Crippen LogP contribution in [0.2, 0.25) is 0 Å². The molecule has 0 aliphatic heterocycles. The van der Waals surface area contributed by atoms with Crippen LogP contribution in [0.15, 0.2) is 0 Å². The predicted molar refractivity (Wildman–Crippen MR) is 71.3 cm³/mol. The molecule has 2 aliphatic rings. The molecule has 0 aromatic heterocycles. The van der Waals surface area contributed by atoms with Crippen LogP contribution in [-0.4, -0.2) is 0 Å². The molecule has 0 bridgehead atoms. The van der Waals surface area contributed by atoms with Gasteiger partial charge in [0.05, 0.1) is 0 Å². The van der Waals surface area contributed by atoms with Crippen LogP contribution in [0.5, 0.6) is 0 Å². The normalized spacial score (nSPS) is 55.9. The highest BCUT2D eigenvalue weighted by atomic mass is 14.9. The van der Waals surface area contributed by atoms with Crippen molar-refractivity contribution in [2.75, 3.05) is 0 Å². The zero-order chi connectivity index (χ0) is 12.5. The summed E-state index contributed by atoms with van der Waals surface area (Å²) >= 11 is 0. The monoisotopic (exact) mass is 222 g/mol. The highest BCUT2D eigenvalue weighted by molar-refractivity contribution is 5.28. The van der Waals surface area contributed by atoms with Gasteiger partial charge < -0.3 is 0 Å². The van der Waals surface area contributed by atoms with E-state index in [1.165, 1.54) is 6.42 Å². The molecule has 94 valence electrons. The van der Waals surface area contributed by atoms with Crippen molar-refractivity contribution in [1.29, 1.82) is 0 Å². The predicted octanol–water partition coefficient (Wildman–Crippen LogP) is 4.99. The minimum Gasteiger partial charge on any atom is -0.0651 e. The molecule has 6 atom stereocenters. The van der Waals surface area contributed by atoms with Gasteiger partial charge in [0.2, 0.25) is 0 Å². The zero-order valence-corrected chi connectivity index (χ0v) is 12.5. The molecule has 0 N–H and O–H groups in total. The van der Waals surface area contributed by atoms with Gasteiger partial charge in [0, 0.05) is 0 Å². The molecule has 0 amide bonds. The summed E-state index contributed by atoms with van der Waals surface area (Å²) in [4.78, 5) is 0. The van der Waals surface area contributed by atoms with E-state index < -0.39 is 0 Å². The van der Waals surface area contributed by atoms with E-state index >= 15 is 0 Å². The van der Waals surface area contributed by atoms with Gasteiger partial charge >= 0.3 is 0 Å². The van der Waals surface area contributed by atoms with Crippen molar-refractivity contribution in [2.24, 2.45) is 39.9 Å². The van der Waals surface area contributed by atoms with E-state index in [1.807, 2.05) is 0 Å². The van der Waals surface area contributed by atoms with Crippen molar-refractivity contribution >= 4 is 0 Å². The average Bonchev–Trinajstić information content (AvgIpc) is 2.25. The van der Waals surface area contributed by atoms with Crippen molar-refractivity contribution in [3.8, 4) is 0 Å². The van der Waals surface area contributed by atoms with Crippen LogP contribution < -0.4 is 0 Å². The van der Waals surface area contributed by atoms with Gasteiger partial charge in [-0.25, -0.2) is 0 Å². The van der Waals surface area contributed by atoms with E-state index in [-0.39, 0.29) is 0 Å². The second-order valence-electron chi connectivity index (χ2n) is 7.63. The molecule has 0 heterocycles. The van der Waals surface area contributed by atoms with Gasteiger partial charge in [-0.3, -0.25) is 0 Å². The molecule has 0 radical (unpaired) electrons. The Labute approximate surface area is 102 Å². The van der Waals surface area contributed by atoms with Crippen LogP contribution >= 0.6 is 0 Å². The first-order chi connectivity index (χ1) is 7.17. The molecule has 0 saturated heterocycles. The SMILES string of the molecule is CCC(C)C1C(C)C2(C)C(C)(C)C(C)C12C. The van der Waals surface area contributed by atoms with Gasteiger partial charge in [0.1, 0.15) is 0 Å². The maximum Gasteiger partial charge on any atom is -0.0184 e. The van der Waals surface area contributed by atoms with Gasteiger partial charge in [-0.15, -0.1) is 0 Å². The van der Waals surface area contributed by atoms with Gasteiger partial charge in [0.25, 0.3) is 0 Å². The highest BCUT2D eigenvalue weighted by Crippen LogP contribution is 2.86. The summed E-state index contributed by atoms with van der Waals surface area (Å²) in [5.41, 5.74) is 1.71. The summed E-state index contributed by atoms with van der Waals surface area (Å²) in [5, 5.41) is 0. The van der Waals surface area contributed by atoms with E-state index in [1.54, 1.807) is 0 Å². The lowest BCUT2D eigenvalue weighted by molar-refractivity contribution is -0.390. The lowest BCUT2D eigenvalue weighted by Gasteiger charge is -2.86. The van der Waals surface area contributed by atoms with Crippen LogP contribution in [0.3, 0.4) is 0 Å². The lowest BCUT2D eigenvalue weighted by atomic mass is 9.18. The van der Waals surface area contributed by atoms with Gasteiger partial charge in [-0.05, 0) is 39.9 Å². The third kappa shape index (κ3) is 0.875. The molecule has 0 nitrogen and oxygen atoms in total. The molecule has 2 fully saturated rings. The average molecular weight is 222 g/mol. The Bertz CT molecular complexity index is 303. The van der Waals surface area contributed by atoms with Gasteiger partial charge in [-0.1, -0.05) is 61.8 Å². The first-order valence-electron chi connectivity index (χ1n) is 7.17. The number of fused-ring (bicyclic) bond motifs is 1. The van der Waals surface area contributed by atoms with Crippen molar-refractivity contribution in [3.63, 3.8) is 0 Å². The molecule has 16 heavy (non-hydrogen) atoms. The summed E-state index contributed by atoms with van der Waals surface area (Å²) in [6.07, 6.45) is 1.34. The molecule has 0 heteroatoms. The van der Waals surface area contributed by atoms with Crippen LogP contribution in [0.1, 0.15) is 61.8 Å². The van der Waals surface area contributed by atoms with Crippen molar-refractivity contribution in [3.05, 3.63) is 0 Å². The Hall–Kier alpha value is 0. The molecule has 2 aliphatic carbocycles. The van der Waals surface area contributed by atoms with E-state index in [2.05, 4.69) is 55.4 Å². The molecule has 2 saturated carbocycles. The summed E-state index contributed by atoms with van der Waals surface area (Å²) in [6.45, 7) is 19.9. The first-order valence-corrected chi connectivity index (χ1v) is 7.17. The molecule has 0 aromatic carbocycles.